The van der Waals surface area contributed by atoms with Gasteiger partial charge in [-0.15, -0.1) is 0 Å². The summed E-state index contributed by atoms with van der Waals surface area (Å²) in [6.07, 6.45) is 3.84. The molecule has 3 heterocycles. The molecule has 1 N–H and O–H groups in total. The van der Waals surface area contributed by atoms with Crippen molar-refractivity contribution in [2.75, 3.05) is 44.2 Å². The van der Waals surface area contributed by atoms with E-state index < -0.39 is 11.6 Å². The van der Waals surface area contributed by atoms with Crippen LogP contribution in [0, 0.1) is 23.0 Å². The number of piperidine rings is 1. The summed E-state index contributed by atoms with van der Waals surface area (Å²) in [5.74, 6) is -1.37. The van der Waals surface area contributed by atoms with Gasteiger partial charge in [-0.05, 0) is 83.3 Å². The third-order valence-electron chi connectivity index (χ3n) is 7.70. The molecule has 2 aromatic carbocycles. The topological polar surface area (TPSA) is 75.5 Å². The van der Waals surface area contributed by atoms with Crippen LogP contribution in [0.3, 0.4) is 0 Å². The SMILES string of the molecule is N#Cc1ccc(CN2CCC(N3CCN(c4ncc(C(=O)NCc5ccc(F)c(F)c5)cc4Br)CC3)CC2)cc1.[HH]. The number of pyridine rings is 1. The van der Waals surface area contributed by atoms with Gasteiger partial charge in [-0.2, -0.15) is 5.26 Å². The van der Waals surface area contributed by atoms with Gasteiger partial charge in [-0.3, -0.25) is 14.6 Å². The number of rotatable bonds is 7. The first-order valence-corrected chi connectivity index (χ1v) is 14.3. The second kappa shape index (κ2) is 12.9. The minimum atomic E-state index is -0.939. The van der Waals surface area contributed by atoms with Crippen LogP contribution in [-0.4, -0.2) is 66.0 Å². The Balaban J connectivity index is 0.00000387. The normalized spacial score (nSPS) is 17.0. The van der Waals surface area contributed by atoms with Gasteiger partial charge < -0.3 is 10.2 Å². The molecule has 210 valence electrons. The average molecular weight is 612 g/mol. The Hall–Kier alpha value is -3.39. The molecule has 40 heavy (non-hydrogen) atoms. The Morgan fingerprint density at radius 1 is 1.00 bits per heavy atom. The number of nitrogens with zero attached hydrogens (tertiary/aromatic N) is 5. The van der Waals surface area contributed by atoms with Crippen molar-refractivity contribution in [1.29, 1.82) is 5.26 Å². The standard InChI is InChI=1S/C30H31BrF2N6O.H2/c31-26-16-24(30(40)36-18-23-5-6-27(32)28(33)15-23)19-35-29(26)39-13-11-38(12-14-39)25-7-9-37(10-8-25)20-22-3-1-21(17-34)2-4-22;/h1-6,15-16,19,25H,7-14,18,20H2,(H,36,40);1H. The third-order valence-corrected chi connectivity index (χ3v) is 8.28. The van der Waals surface area contributed by atoms with Gasteiger partial charge in [0, 0.05) is 52.9 Å². The molecule has 2 saturated heterocycles. The maximum absolute atomic E-state index is 13.4. The molecule has 1 amide bonds. The lowest BCUT2D eigenvalue weighted by atomic mass is 10.0. The fraction of sp³-hybridized carbons (Fsp3) is 0.367. The van der Waals surface area contributed by atoms with Crippen molar-refractivity contribution in [3.63, 3.8) is 0 Å². The maximum atomic E-state index is 13.4. The zero-order chi connectivity index (χ0) is 28.1. The first kappa shape index (κ1) is 28.1. The highest BCUT2D eigenvalue weighted by atomic mass is 79.9. The number of nitriles is 1. The minimum Gasteiger partial charge on any atom is -0.353 e. The molecule has 2 aliphatic rings. The Labute approximate surface area is 243 Å². The quantitative estimate of drug-likeness (QED) is 0.408. The van der Waals surface area contributed by atoms with Crippen LogP contribution in [0.2, 0.25) is 0 Å². The predicted octanol–water partition coefficient (Wildman–Crippen LogP) is 4.96. The van der Waals surface area contributed by atoms with Gasteiger partial charge in [0.2, 0.25) is 0 Å². The van der Waals surface area contributed by atoms with Crippen LogP contribution in [0.5, 0.6) is 0 Å². The van der Waals surface area contributed by atoms with E-state index in [0.717, 1.165) is 81.1 Å². The zero-order valence-electron chi connectivity index (χ0n) is 22.1. The van der Waals surface area contributed by atoms with Crippen LogP contribution in [0.25, 0.3) is 0 Å². The van der Waals surface area contributed by atoms with Crippen LogP contribution in [-0.2, 0) is 13.1 Å². The van der Waals surface area contributed by atoms with Crippen molar-refractivity contribution >= 4 is 27.7 Å². The molecule has 7 nitrogen and oxygen atoms in total. The summed E-state index contributed by atoms with van der Waals surface area (Å²) in [7, 11) is 0. The molecule has 2 aliphatic heterocycles. The van der Waals surface area contributed by atoms with Crippen molar-refractivity contribution in [3.8, 4) is 6.07 Å². The Kier molecular flexibility index (Phi) is 9.04. The number of aromatic nitrogens is 1. The van der Waals surface area contributed by atoms with E-state index >= 15 is 0 Å². The molecule has 1 aromatic heterocycles. The molecule has 3 aromatic rings. The van der Waals surface area contributed by atoms with E-state index in [9.17, 15) is 13.6 Å². The van der Waals surface area contributed by atoms with Gasteiger partial charge in [0.25, 0.3) is 5.91 Å². The molecular weight excluding hydrogens is 578 g/mol. The van der Waals surface area contributed by atoms with Gasteiger partial charge in [-0.1, -0.05) is 18.2 Å². The number of nitrogens with one attached hydrogen (secondary N) is 1. The summed E-state index contributed by atoms with van der Waals surface area (Å²) in [6.45, 7) is 6.79. The number of amides is 1. The average Bonchev–Trinajstić information content (AvgIpc) is 2.98. The third kappa shape index (κ3) is 6.84. The van der Waals surface area contributed by atoms with Crippen molar-refractivity contribution in [2.45, 2.75) is 32.0 Å². The fourth-order valence-corrected chi connectivity index (χ4v) is 6.01. The summed E-state index contributed by atoms with van der Waals surface area (Å²) in [4.78, 5) is 24.5. The number of likely N-dealkylation sites (tertiary alicyclic amines) is 1. The monoisotopic (exact) mass is 610 g/mol. The zero-order valence-corrected chi connectivity index (χ0v) is 23.7. The first-order chi connectivity index (χ1) is 19.4. The van der Waals surface area contributed by atoms with Crippen molar-refractivity contribution in [2.24, 2.45) is 0 Å². The molecule has 0 aliphatic carbocycles. The number of hydrogen-bond acceptors (Lipinski definition) is 6. The Bertz CT molecular complexity index is 1390. The summed E-state index contributed by atoms with van der Waals surface area (Å²) in [5.41, 5.74) is 2.81. The molecule has 0 atom stereocenters. The summed E-state index contributed by atoms with van der Waals surface area (Å²) in [6, 6.07) is 15.9. The largest absolute Gasteiger partial charge is 0.353 e. The number of hydrogen-bond donors (Lipinski definition) is 1. The molecule has 0 radical (unpaired) electrons. The highest BCUT2D eigenvalue weighted by molar-refractivity contribution is 9.10. The number of carbonyl (C=O) groups is 1. The fourth-order valence-electron chi connectivity index (χ4n) is 5.41. The number of piperazine rings is 1. The molecule has 5 rings (SSSR count). The number of halogens is 3. The van der Waals surface area contributed by atoms with Crippen molar-refractivity contribution < 1.29 is 15.0 Å². The molecule has 2 fully saturated rings. The van der Waals surface area contributed by atoms with Crippen molar-refractivity contribution in [3.05, 3.63) is 93.1 Å². The smallest absolute Gasteiger partial charge is 0.253 e. The first-order valence-electron chi connectivity index (χ1n) is 13.5. The molecular formula is C30H33BrF2N6O. The van der Waals surface area contributed by atoms with Gasteiger partial charge in [0.15, 0.2) is 11.6 Å². The van der Waals surface area contributed by atoms with Gasteiger partial charge >= 0.3 is 0 Å². The summed E-state index contributed by atoms with van der Waals surface area (Å²) in [5, 5.41) is 11.7. The lowest BCUT2D eigenvalue weighted by Crippen LogP contribution is -2.53. The Morgan fingerprint density at radius 3 is 2.35 bits per heavy atom. The van der Waals surface area contributed by atoms with E-state index in [0.29, 0.717) is 22.7 Å². The van der Waals surface area contributed by atoms with Crippen molar-refractivity contribution in [1.82, 2.24) is 20.1 Å². The molecule has 10 heteroatoms. The Morgan fingerprint density at radius 2 is 1.70 bits per heavy atom. The van der Waals surface area contributed by atoms with Gasteiger partial charge in [0.05, 0.1) is 21.7 Å². The maximum Gasteiger partial charge on any atom is 0.253 e. The summed E-state index contributed by atoms with van der Waals surface area (Å²) < 4.78 is 27.3. The van der Waals surface area contributed by atoms with E-state index in [1.807, 2.05) is 24.3 Å². The van der Waals surface area contributed by atoms with Crippen LogP contribution in [0.4, 0.5) is 14.6 Å². The highest BCUT2D eigenvalue weighted by Gasteiger charge is 2.28. The lowest BCUT2D eigenvalue weighted by Gasteiger charge is -2.43. The minimum absolute atomic E-state index is 0. The van der Waals surface area contributed by atoms with Gasteiger partial charge in [-0.25, -0.2) is 13.8 Å². The van der Waals surface area contributed by atoms with E-state index in [1.54, 1.807) is 12.3 Å². The number of carbonyl (C=O) groups excluding carboxylic acids is 1. The van der Waals surface area contributed by atoms with Gasteiger partial charge in [0.1, 0.15) is 5.82 Å². The van der Waals surface area contributed by atoms with E-state index in [2.05, 4.69) is 47.0 Å². The molecule has 0 unspecified atom stereocenters. The molecule has 0 saturated carbocycles. The van der Waals surface area contributed by atoms with Crippen LogP contribution in [0.1, 0.15) is 41.3 Å². The molecule has 0 spiro atoms. The highest BCUT2D eigenvalue weighted by Crippen LogP contribution is 2.27. The second-order valence-electron chi connectivity index (χ2n) is 10.3. The van der Waals surface area contributed by atoms with E-state index in [1.165, 1.54) is 11.6 Å². The van der Waals surface area contributed by atoms with Crippen LogP contribution in [0.15, 0.2) is 59.2 Å². The lowest BCUT2D eigenvalue weighted by molar-refractivity contribution is 0.0950. The summed E-state index contributed by atoms with van der Waals surface area (Å²) >= 11 is 3.59. The van der Waals surface area contributed by atoms with E-state index in [4.69, 9.17) is 5.26 Å². The second-order valence-corrected chi connectivity index (χ2v) is 11.2. The van der Waals surface area contributed by atoms with Crippen LogP contribution < -0.4 is 10.2 Å². The van der Waals surface area contributed by atoms with E-state index in [-0.39, 0.29) is 13.9 Å². The molecule has 0 bridgehead atoms. The number of anilines is 1. The number of benzene rings is 2. The van der Waals surface area contributed by atoms with Crippen LogP contribution >= 0.6 is 15.9 Å². The predicted molar refractivity (Wildman–Crippen MR) is 155 cm³/mol.